The van der Waals surface area contributed by atoms with E-state index in [1.165, 1.54) is 7.11 Å². The van der Waals surface area contributed by atoms with E-state index < -0.39 is 20.1 Å². The summed E-state index contributed by atoms with van der Waals surface area (Å²) in [5.41, 5.74) is 8.44. The van der Waals surface area contributed by atoms with Gasteiger partial charge in [0, 0.05) is 37.8 Å². The number of esters is 1. The first-order valence-corrected chi connectivity index (χ1v) is 15.0. The van der Waals surface area contributed by atoms with Crippen LogP contribution in [0, 0.1) is 0 Å². The molecule has 0 bridgehead atoms. The fourth-order valence-corrected chi connectivity index (χ4v) is 4.00. The van der Waals surface area contributed by atoms with E-state index in [2.05, 4.69) is 36.3 Å². The topological polar surface area (TPSA) is 118 Å². The van der Waals surface area contributed by atoms with Gasteiger partial charge in [0.1, 0.15) is 18.5 Å². The van der Waals surface area contributed by atoms with Gasteiger partial charge in [-0.1, -0.05) is 25.7 Å². The van der Waals surface area contributed by atoms with Crippen LogP contribution in [0.3, 0.4) is 0 Å². The van der Waals surface area contributed by atoms with Gasteiger partial charge < -0.3 is 24.5 Å². The zero-order valence-corrected chi connectivity index (χ0v) is 21.7. The number of aromatic nitrogens is 2. The number of methoxy groups -OCH3 is 1. The number of nitrogens with one attached hydrogen (secondary N) is 1. The van der Waals surface area contributed by atoms with Crippen molar-refractivity contribution < 1.29 is 23.8 Å². The van der Waals surface area contributed by atoms with Gasteiger partial charge in [0.25, 0.3) is 0 Å². The molecule has 0 aliphatic heterocycles. The Bertz CT molecular complexity index is 1000. The van der Waals surface area contributed by atoms with Crippen LogP contribution >= 0.6 is 0 Å². The van der Waals surface area contributed by atoms with E-state index in [0.717, 1.165) is 6.04 Å². The molecule has 1 aromatic carbocycles. The van der Waals surface area contributed by atoms with Gasteiger partial charge in [-0.3, -0.25) is 10.1 Å². The molecule has 0 radical (unpaired) electrons. The van der Waals surface area contributed by atoms with Crippen molar-refractivity contribution in [3.05, 3.63) is 42.9 Å². The van der Waals surface area contributed by atoms with Crippen LogP contribution in [-0.2, 0) is 25.7 Å². The Hall–Kier alpha value is -3.11. The molecule has 1 heterocycles. The van der Waals surface area contributed by atoms with Gasteiger partial charge >= 0.3 is 12.1 Å². The van der Waals surface area contributed by atoms with Gasteiger partial charge in [-0.25, -0.2) is 9.78 Å². The number of allylic oxidation sites excluding steroid dienone is 1. The third kappa shape index (κ3) is 7.74. The van der Waals surface area contributed by atoms with E-state index in [1.54, 1.807) is 31.2 Å². The molecule has 0 spiro atoms. The molecule has 1 amide bonds. The maximum atomic E-state index is 12.7. The van der Waals surface area contributed by atoms with E-state index >= 15 is 0 Å². The zero-order valence-electron chi connectivity index (χ0n) is 20.7. The van der Waals surface area contributed by atoms with Crippen molar-refractivity contribution in [2.75, 3.05) is 31.4 Å². The number of hydrogen-bond acceptors (Lipinski definition) is 7. The van der Waals surface area contributed by atoms with E-state index in [-0.39, 0.29) is 19.3 Å². The van der Waals surface area contributed by atoms with E-state index in [4.69, 9.17) is 20.2 Å². The Morgan fingerprint density at radius 1 is 1.32 bits per heavy atom. The molecule has 3 N–H and O–H groups in total. The van der Waals surface area contributed by atoms with Crippen molar-refractivity contribution >= 4 is 31.5 Å². The van der Waals surface area contributed by atoms with Crippen LogP contribution in [0.1, 0.15) is 25.1 Å². The highest BCUT2D eigenvalue weighted by atomic mass is 28.3. The van der Waals surface area contributed by atoms with Crippen LogP contribution in [0.25, 0.3) is 11.3 Å². The number of imidazole rings is 1. The van der Waals surface area contributed by atoms with Crippen molar-refractivity contribution in [1.29, 1.82) is 0 Å². The molecule has 34 heavy (non-hydrogen) atoms. The van der Waals surface area contributed by atoms with Gasteiger partial charge in [0.15, 0.2) is 0 Å². The number of ether oxygens (including phenoxy) is 3. The number of amides is 1. The number of rotatable bonds is 12. The summed E-state index contributed by atoms with van der Waals surface area (Å²) in [7, 11) is 0.0482. The Balaban J connectivity index is 2.40. The van der Waals surface area contributed by atoms with Crippen LogP contribution in [0.4, 0.5) is 16.2 Å². The van der Waals surface area contributed by atoms with Gasteiger partial charge in [0.2, 0.25) is 0 Å². The lowest BCUT2D eigenvalue weighted by Gasteiger charge is -2.18. The summed E-state index contributed by atoms with van der Waals surface area (Å²) in [4.78, 5) is 28.9. The Morgan fingerprint density at radius 2 is 2.06 bits per heavy atom. The van der Waals surface area contributed by atoms with Crippen LogP contribution in [0.15, 0.2) is 37.1 Å². The second-order valence-electron chi connectivity index (χ2n) is 9.05. The van der Waals surface area contributed by atoms with Gasteiger partial charge in [0.05, 0.1) is 19.4 Å². The summed E-state index contributed by atoms with van der Waals surface area (Å²) in [6.45, 7) is 13.6. The minimum Gasteiger partial charge on any atom is -0.465 e. The predicted octanol–water partition coefficient (Wildman–Crippen LogP) is 4.85. The van der Waals surface area contributed by atoms with Gasteiger partial charge in [-0.05, 0) is 37.6 Å². The number of anilines is 2. The highest BCUT2D eigenvalue weighted by Crippen LogP contribution is 2.31. The molecule has 0 fully saturated rings. The summed E-state index contributed by atoms with van der Waals surface area (Å²) < 4.78 is 17.7. The minimum atomic E-state index is -1.24. The lowest BCUT2D eigenvalue weighted by molar-refractivity contribution is -0.145. The molecule has 0 saturated heterocycles. The first-order valence-electron chi connectivity index (χ1n) is 11.3. The molecule has 186 valence electrons. The molecular formula is C24H36N4O5Si. The van der Waals surface area contributed by atoms with Crippen molar-refractivity contribution in [2.24, 2.45) is 0 Å². The molecule has 2 rings (SSSR count). The number of nitrogens with two attached hydrogens (primary N) is 1. The Kier molecular flexibility index (Phi) is 9.88. The smallest absolute Gasteiger partial charge is 0.411 e. The largest absolute Gasteiger partial charge is 0.465 e. The quantitative estimate of drug-likeness (QED) is 0.144. The number of hydrogen-bond donors (Lipinski definition) is 2. The maximum Gasteiger partial charge on any atom is 0.411 e. The fourth-order valence-electron chi connectivity index (χ4n) is 3.24. The maximum absolute atomic E-state index is 12.7. The minimum absolute atomic E-state index is 0.252. The third-order valence-electron chi connectivity index (χ3n) is 5.08. The second-order valence-corrected chi connectivity index (χ2v) is 14.7. The summed E-state index contributed by atoms with van der Waals surface area (Å²) in [6.07, 6.45) is 3.28. The molecule has 1 unspecified atom stereocenters. The van der Waals surface area contributed by atoms with Crippen LogP contribution in [-0.4, -0.2) is 50.0 Å². The second kappa shape index (κ2) is 12.4. The molecule has 1 atom stereocenters. The Labute approximate surface area is 202 Å². The third-order valence-corrected chi connectivity index (χ3v) is 6.78. The average molecular weight is 489 g/mol. The van der Waals surface area contributed by atoms with Crippen molar-refractivity contribution in [2.45, 2.75) is 51.7 Å². The monoisotopic (exact) mass is 488 g/mol. The first-order chi connectivity index (χ1) is 16.1. The predicted molar refractivity (Wildman–Crippen MR) is 136 cm³/mol. The number of carbonyl (C=O) groups excluding carboxylic acids is 2. The molecule has 2 aromatic rings. The van der Waals surface area contributed by atoms with Gasteiger partial charge in [-0.15, -0.1) is 6.58 Å². The number of carbonyl (C=O) groups is 2. The summed E-state index contributed by atoms with van der Waals surface area (Å²) in [5, 5.41) is 2.58. The zero-order chi connectivity index (χ0) is 25.3. The summed E-state index contributed by atoms with van der Waals surface area (Å²) in [5.74, 6) is -0.459. The SMILES string of the molecule is C=CCC(C(=O)OCC)c1nc(-c2ccc(NC(=O)OC)cc2N)cn1COCC[Si](C)(C)C. The van der Waals surface area contributed by atoms with E-state index in [1.807, 2.05) is 10.8 Å². The van der Waals surface area contributed by atoms with Crippen molar-refractivity contribution in [3.8, 4) is 11.3 Å². The molecule has 1 aromatic heterocycles. The number of nitrogen functional groups attached to an aromatic ring is 1. The van der Waals surface area contributed by atoms with Gasteiger partial charge in [-0.2, -0.15) is 0 Å². The first kappa shape index (κ1) is 27.1. The normalized spacial score (nSPS) is 12.1. The van der Waals surface area contributed by atoms with Crippen LogP contribution in [0.2, 0.25) is 25.7 Å². The van der Waals surface area contributed by atoms with Crippen LogP contribution < -0.4 is 11.1 Å². The Morgan fingerprint density at radius 3 is 2.65 bits per heavy atom. The molecular weight excluding hydrogens is 452 g/mol. The van der Waals surface area contributed by atoms with E-state index in [9.17, 15) is 9.59 Å². The van der Waals surface area contributed by atoms with Crippen molar-refractivity contribution in [1.82, 2.24) is 9.55 Å². The summed E-state index contributed by atoms with van der Waals surface area (Å²) >= 11 is 0. The lowest BCUT2D eigenvalue weighted by atomic mass is 10.1. The average Bonchev–Trinajstić information content (AvgIpc) is 3.17. The standard InChI is InChI=1S/C24H36N4O5Si/c1-7-9-19(23(29)33-8-2)22-27-21(15-28(22)16-32-12-13-34(4,5)6)18-11-10-17(14-20(18)25)26-24(30)31-3/h7,10-11,14-15,19H,1,8-9,12-13,16,25H2,2-6H3,(H,26,30). The molecule has 0 saturated carbocycles. The number of nitrogens with zero attached hydrogens (tertiary/aromatic N) is 2. The molecule has 10 heteroatoms. The number of benzene rings is 1. The molecule has 0 aliphatic carbocycles. The summed E-state index contributed by atoms with van der Waals surface area (Å²) in [6, 6.07) is 6.12. The molecule has 9 nitrogen and oxygen atoms in total. The highest BCUT2D eigenvalue weighted by Gasteiger charge is 2.27. The van der Waals surface area contributed by atoms with Crippen molar-refractivity contribution in [3.63, 3.8) is 0 Å². The lowest BCUT2D eigenvalue weighted by Crippen LogP contribution is -2.23. The highest BCUT2D eigenvalue weighted by molar-refractivity contribution is 6.76. The van der Waals surface area contributed by atoms with Crippen LogP contribution in [0.5, 0.6) is 0 Å². The fraction of sp³-hybridized carbons (Fsp3) is 0.458. The molecule has 0 aliphatic rings. The van der Waals surface area contributed by atoms with E-state index in [0.29, 0.717) is 41.5 Å².